The standard InChI is InChI=1S/C16H17N3O2/c1-20-15-7-13(18)14(8-16(15)21-2)19-10-12-5-3-4-11(6-12)9-17/h3-8,19H,10,18H2,1-2H3. The fraction of sp³-hybridized carbons (Fsp3) is 0.188. The summed E-state index contributed by atoms with van der Waals surface area (Å²) in [4.78, 5) is 0. The van der Waals surface area contributed by atoms with Crippen LogP contribution in [0, 0.1) is 11.3 Å². The molecule has 2 aromatic carbocycles. The molecule has 0 aromatic heterocycles. The third-order valence-corrected chi connectivity index (χ3v) is 3.09. The average Bonchev–Trinajstić information content (AvgIpc) is 2.53. The minimum absolute atomic E-state index is 0.565. The van der Waals surface area contributed by atoms with Crippen molar-refractivity contribution in [1.82, 2.24) is 0 Å². The van der Waals surface area contributed by atoms with Gasteiger partial charge in [0.1, 0.15) is 0 Å². The summed E-state index contributed by atoms with van der Waals surface area (Å²) in [5, 5.41) is 12.1. The first-order chi connectivity index (χ1) is 10.2. The van der Waals surface area contributed by atoms with E-state index in [1.807, 2.05) is 18.2 Å². The Morgan fingerprint density at radius 1 is 1.14 bits per heavy atom. The molecule has 21 heavy (non-hydrogen) atoms. The second kappa shape index (κ2) is 6.53. The largest absolute Gasteiger partial charge is 0.493 e. The van der Waals surface area contributed by atoms with Crippen LogP contribution in [0.5, 0.6) is 11.5 Å². The van der Waals surface area contributed by atoms with Gasteiger partial charge in [0.25, 0.3) is 0 Å². The van der Waals surface area contributed by atoms with Gasteiger partial charge in [-0.3, -0.25) is 0 Å². The van der Waals surface area contributed by atoms with E-state index >= 15 is 0 Å². The normalized spacial score (nSPS) is 9.76. The summed E-state index contributed by atoms with van der Waals surface area (Å²) in [7, 11) is 3.14. The highest BCUT2D eigenvalue weighted by molar-refractivity contribution is 5.72. The molecule has 5 heteroatoms. The van der Waals surface area contributed by atoms with Crippen molar-refractivity contribution in [1.29, 1.82) is 5.26 Å². The SMILES string of the molecule is COc1cc(N)c(NCc2cccc(C#N)c2)cc1OC. The second-order valence-corrected chi connectivity index (χ2v) is 4.46. The van der Waals surface area contributed by atoms with E-state index in [0.29, 0.717) is 29.3 Å². The Hall–Kier alpha value is -2.87. The fourth-order valence-electron chi connectivity index (χ4n) is 2.00. The zero-order chi connectivity index (χ0) is 15.2. The topological polar surface area (TPSA) is 80.3 Å². The highest BCUT2D eigenvalue weighted by Crippen LogP contribution is 2.34. The third kappa shape index (κ3) is 3.37. The number of methoxy groups -OCH3 is 2. The van der Waals surface area contributed by atoms with E-state index in [-0.39, 0.29) is 0 Å². The van der Waals surface area contributed by atoms with Gasteiger partial charge in [-0.25, -0.2) is 0 Å². The van der Waals surface area contributed by atoms with Gasteiger partial charge in [-0.2, -0.15) is 5.26 Å². The summed E-state index contributed by atoms with van der Waals surface area (Å²) < 4.78 is 10.5. The van der Waals surface area contributed by atoms with E-state index in [4.69, 9.17) is 20.5 Å². The van der Waals surface area contributed by atoms with E-state index in [1.165, 1.54) is 0 Å². The first-order valence-electron chi connectivity index (χ1n) is 6.42. The van der Waals surface area contributed by atoms with Crippen molar-refractivity contribution >= 4 is 11.4 Å². The summed E-state index contributed by atoms with van der Waals surface area (Å²) in [6.07, 6.45) is 0. The number of nitrogens with two attached hydrogens (primary N) is 1. The molecular formula is C16H17N3O2. The molecule has 0 heterocycles. The van der Waals surface area contributed by atoms with Crippen LogP contribution in [0.15, 0.2) is 36.4 Å². The van der Waals surface area contributed by atoms with Crippen molar-refractivity contribution in [3.8, 4) is 17.6 Å². The predicted octanol–water partition coefficient (Wildman–Crippen LogP) is 2.77. The molecule has 0 saturated carbocycles. The summed E-state index contributed by atoms with van der Waals surface area (Å²) in [5.74, 6) is 1.20. The van der Waals surface area contributed by atoms with Gasteiger partial charge in [-0.1, -0.05) is 12.1 Å². The maximum absolute atomic E-state index is 8.90. The molecule has 2 aromatic rings. The maximum atomic E-state index is 8.90. The van der Waals surface area contributed by atoms with E-state index < -0.39 is 0 Å². The molecule has 0 atom stereocenters. The van der Waals surface area contributed by atoms with Crippen LogP contribution in [0.3, 0.4) is 0 Å². The van der Waals surface area contributed by atoms with Gasteiger partial charge in [-0.15, -0.1) is 0 Å². The van der Waals surface area contributed by atoms with E-state index in [0.717, 1.165) is 11.3 Å². The van der Waals surface area contributed by atoms with Crippen LogP contribution >= 0.6 is 0 Å². The first-order valence-corrected chi connectivity index (χ1v) is 6.42. The smallest absolute Gasteiger partial charge is 0.162 e. The second-order valence-electron chi connectivity index (χ2n) is 4.46. The van der Waals surface area contributed by atoms with Gasteiger partial charge in [0.05, 0.1) is 37.2 Å². The van der Waals surface area contributed by atoms with Crippen molar-refractivity contribution in [3.63, 3.8) is 0 Å². The van der Waals surface area contributed by atoms with Crippen LogP contribution in [0.2, 0.25) is 0 Å². The van der Waals surface area contributed by atoms with Crippen LogP contribution < -0.4 is 20.5 Å². The number of nitrogens with zero attached hydrogens (tertiary/aromatic N) is 1. The van der Waals surface area contributed by atoms with Crippen molar-refractivity contribution in [2.45, 2.75) is 6.54 Å². The zero-order valence-corrected chi connectivity index (χ0v) is 12.0. The lowest BCUT2D eigenvalue weighted by molar-refractivity contribution is 0.355. The Morgan fingerprint density at radius 3 is 2.52 bits per heavy atom. The third-order valence-electron chi connectivity index (χ3n) is 3.09. The van der Waals surface area contributed by atoms with Crippen molar-refractivity contribution in [2.75, 3.05) is 25.3 Å². The number of nitrogen functional groups attached to an aromatic ring is 1. The number of hydrogen-bond acceptors (Lipinski definition) is 5. The summed E-state index contributed by atoms with van der Waals surface area (Å²) >= 11 is 0. The molecule has 2 rings (SSSR count). The van der Waals surface area contributed by atoms with Gasteiger partial charge >= 0.3 is 0 Å². The zero-order valence-electron chi connectivity index (χ0n) is 12.0. The van der Waals surface area contributed by atoms with E-state index in [2.05, 4.69) is 11.4 Å². The highest BCUT2D eigenvalue weighted by Gasteiger charge is 2.09. The lowest BCUT2D eigenvalue weighted by Gasteiger charge is -2.14. The molecular weight excluding hydrogens is 266 g/mol. The van der Waals surface area contributed by atoms with E-state index in [1.54, 1.807) is 32.4 Å². The molecule has 108 valence electrons. The Morgan fingerprint density at radius 2 is 1.86 bits per heavy atom. The number of nitrogens with one attached hydrogen (secondary N) is 1. The van der Waals surface area contributed by atoms with Crippen molar-refractivity contribution in [2.24, 2.45) is 0 Å². The molecule has 0 aliphatic rings. The molecule has 0 aliphatic carbocycles. The number of hydrogen-bond donors (Lipinski definition) is 2. The van der Waals surface area contributed by atoms with Crippen LogP contribution in [0.25, 0.3) is 0 Å². The molecule has 0 radical (unpaired) electrons. The Bertz CT molecular complexity index is 678. The van der Waals surface area contributed by atoms with Gasteiger partial charge in [0.2, 0.25) is 0 Å². The Balaban J connectivity index is 2.18. The summed E-state index contributed by atoms with van der Waals surface area (Å²) in [6, 6.07) is 13.0. The van der Waals surface area contributed by atoms with Crippen molar-refractivity contribution < 1.29 is 9.47 Å². The molecule has 0 spiro atoms. The number of rotatable bonds is 5. The highest BCUT2D eigenvalue weighted by atomic mass is 16.5. The Kier molecular flexibility index (Phi) is 4.52. The number of anilines is 2. The maximum Gasteiger partial charge on any atom is 0.162 e. The van der Waals surface area contributed by atoms with Crippen LogP contribution in [0.1, 0.15) is 11.1 Å². The number of benzene rings is 2. The molecule has 0 aliphatic heterocycles. The van der Waals surface area contributed by atoms with Crippen molar-refractivity contribution in [3.05, 3.63) is 47.5 Å². The monoisotopic (exact) mass is 283 g/mol. The van der Waals surface area contributed by atoms with Gasteiger partial charge in [0, 0.05) is 18.7 Å². The minimum Gasteiger partial charge on any atom is -0.493 e. The molecule has 0 bridgehead atoms. The Labute approximate surface area is 123 Å². The molecule has 0 saturated heterocycles. The molecule has 3 N–H and O–H groups in total. The minimum atomic E-state index is 0.565. The van der Waals surface area contributed by atoms with Gasteiger partial charge < -0.3 is 20.5 Å². The van der Waals surface area contributed by atoms with Crippen LogP contribution in [0.4, 0.5) is 11.4 Å². The summed E-state index contributed by atoms with van der Waals surface area (Å²) in [6.45, 7) is 0.565. The van der Waals surface area contributed by atoms with Gasteiger partial charge in [0.15, 0.2) is 11.5 Å². The number of ether oxygens (including phenoxy) is 2. The lowest BCUT2D eigenvalue weighted by atomic mass is 10.1. The summed E-state index contributed by atoms with van der Waals surface area (Å²) in [5.41, 5.74) is 8.96. The molecule has 5 nitrogen and oxygen atoms in total. The predicted molar refractivity (Wildman–Crippen MR) is 82.4 cm³/mol. The quantitative estimate of drug-likeness (QED) is 0.825. The van der Waals surface area contributed by atoms with Crippen LogP contribution in [-0.2, 0) is 6.54 Å². The van der Waals surface area contributed by atoms with Crippen LogP contribution in [-0.4, -0.2) is 14.2 Å². The lowest BCUT2D eigenvalue weighted by Crippen LogP contribution is -2.04. The first kappa shape index (κ1) is 14.5. The molecule has 0 unspecified atom stereocenters. The van der Waals surface area contributed by atoms with Gasteiger partial charge in [-0.05, 0) is 17.7 Å². The molecule has 0 fully saturated rings. The average molecular weight is 283 g/mol. The number of nitriles is 1. The fourth-order valence-corrected chi connectivity index (χ4v) is 2.00. The molecule has 0 amide bonds. The van der Waals surface area contributed by atoms with E-state index in [9.17, 15) is 0 Å².